The van der Waals surface area contributed by atoms with Crippen LogP contribution in [0.1, 0.15) is 22.1 Å². The second-order valence-corrected chi connectivity index (χ2v) is 4.96. The van der Waals surface area contributed by atoms with Crippen LogP contribution >= 0.6 is 0 Å². The van der Waals surface area contributed by atoms with E-state index >= 15 is 0 Å². The van der Waals surface area contributed by atoms with Crippen molar-refractivity contribution < 1.29 is 14.0 Å². The first-order valence-electron chi connectivity index (χ1n) is 6.92. The van der Waals surface area contributed by atoms with Crippen molar-refractivity contribution in [2.45, 2.75) is 6.04 Å². The molecule has 1 fully saturated rings. The number of nitrogens with one attached hydrogen (secondary N) is 1. The second-order valence-electron chi connectivity index (χ2n) is 4.96. The molecule has 1 aliphatic rings. The zero-order valence-electron chi connectivity index (χ0n) is 11.7. The molecule has 0 aliphatic carbocycles. The number of hydrogen-bond acceptors (Lipinski definition) is 3. The van der Waals surface area contributed by atoms with E-state index in [1.165, 1.54) is 35.4 Å². The standard InChI is InChI=1S/C16H14FN3O2/c17-12-6-4-11(5-7-12)14-15(21)19-9-10-20(14)16(22)13-3-1-2-8-18-13/h1-8,14H,9-10H2,(H,19,21). The zero-order chi connectivity index (χ0) is 15.5. The van der Waals surface area contributed by atoms with Gasteiger partial charge in [0.2, 0.25) is 5.91 Å². The molecule has 6 heteroatoms. The van der Waals surface area contributed by atoms with E-state index in [9.17, 15) is 14.0 Å². The summed E-state index contributed by atoms with van der Waals surface area (Å²) in [6, 6.07) is 9.86. The molecule has 1 aromatic heterocycles. The average molecular weight is 299 g/mol. The van der Waals surface area contributed by atoms with Crippen LogP contribution in [0.4, 0.5) is 4.39 Å². The van der Waals surface area contributed by atoms with Gasteiger partial charge in [-0.1, -0.05) is 18.2 Å². The lowest BCUT2D eigenvalue weighted by Crippen LogP contribution is -2.52. The van der Waals surface area contributed by atoms with Crippen molar-refractivity contribution in [1.29, 1.82) is 0 Å². The van der Waals surface area contributed by atoms with Crippen molar-refractivity contribution in [3.05, 3.63) is 65.7 Å². The van der Waals surface area contributed by atoms with Crippen molar-refractivity contribution >= 4 is 11.8 Å². The number of amides is 2. The number of hydrogen-bond donors (Lipinski definition) is 1. The molecule has 1 aromatic carbocycles. The van der Waals surface area contributed by atoms with Crippen LogP contribution in [0.2, 0.25) is 0 Å². The predicted octanol–water partition coefficient (Wildman–Crippen LogP) is 1.53. The smallest absolute Gasteiger partial charge is 0.273 e. The van der Waals surface area contributed by atoms with Gasteiger partial charge in [0.05, 0.1) is 0 Å². The molecular formula is C16H14FN3O2. The quantitative estimate of drug-likeness (QED) is 0.915. The number of piperazine rings is 1. The topological polar surface area (TPSA) is 62.3 Å². The van der Waals surface area contributed by atoms with Crippen LogP contribution in [-0.4, -0.2) is 34.8 Å². The molecule has 1 aliphatic heterocycles. The number of halogens is 1. The van der Waals surface area contributed by atoms with Gasteiger partial charge in [0.15, 0.2) is 0 Å². The van der Waals surface area contributed by atoms with E-state index in [0.29, 0.717) is 18.7 Å². The molecule has 112 valence electrons. The Kier molecular flexibility index (Phi) is 3.82. The molecule has 1 unspecified atom stereocenters. The molecular weight excluding hydrogens is 285 g/mol. The minimum Gasteiger partial charge on any atom is -0.352 e. The van der Waals surface area contributed by atoms with Crippen molar-refractivity contribution in [3.63, 3.8) is 0 Å². The molecule has 1 N–H and O–H groups in total. The molecule has 0 saturated carbocycles. The van der Waals surface area contributed by atoms with Gasteiger partial charge in [0.1, 0.15) is 17.6 Å². The summed E-state index contributed by atoms with van der Waals surface area (Å²) >= 11 is 0. The Bertz CT molecular complexity index is 688. The minimum atomic E-state index is -0.774. The minimum absolute atomic E-state index is 0.276. The summed E-state index contributed by atoms with van der Waals surface area (Å²) in [4.78, 5) is 30.3. The fraction of sp³-hybridized carbons (Fsp3) is 0.188. The summed E-state index contributed by atoms with van der Waals surface area (Å²) < 4.78 is 13.1. The molecule has 0 bridgehead atoms. The maximum atomic E-state index is 13.1. The van der Waals surface area contributed by atoms with Gasteiger partial charge < -0.3 is 10.2 Å². The fourth-order valence-electron chi connectivity index (χ4n) is 2.50. The SMILES string of the molecule is O=C1NCCN(C(=O)c2ccccn2)C1c1ccc(F)cc1. The van der Waals surface area contributed by atoms with E-state index in [1.807, 2.05) is 0 Å². The van der Waals surface area contributed by atoms with Gasteiger partial charge in [-0.3, -0.25) is 14.6 Å². The number of aromatic nitrogens is 1. The van der Waals surface area contributed by atoms with Crippen LogP contribution < -0.4 is 5.32 Å². The van der Waals surface area contributed by atoms with Crippen LogP contribution in [0.15, 0.2) is 48.7 Å². The molecule has 1 saturated heterocycles. The summed E-state index contributed by atoms with van der Waals surface area (Å²) in [5, 5.41) is 2.73. The Morgan fingerprint density at radius 3 is 2.68 bits per heavy atom. The number of pyridine rings is 1. The maximum Gasteiger partial charge on any atom is 0.273 e. The first kappa shape index (κ1) is 14.2. The van der Waals surface area contributed by atoms with E-state index < -0.39 is 6.04 Å². The molecule has 0 radical (unpaired) electrons. The first-order valence-corrected chi connectivity index (χ1v) is 6.92. The van der Waals surface area contributed by atoms with Crippen molar-refractivity contribution in [2.75, 3.05) is 13.1 Å². The van der Waals surface area contributed by atoms with Gasteiger partial charge in [-0.05, 0) is 29.8 Å². The van der Waals surface area contributed by atoms with E-state index in [2.05, 4.69) is 10.3 Å². The largest absolute Gasteiger partial charge is 0.352 e. The van der Waals surface area contributed by atoms with Gasteiger partial charge in [-0.25, -0.2) is 4.39 Å². The Labute approximate surface area is 126 Å². The number of carbonyl (C=O) groups is 2. The Balaban J connectivity index is 1.95. The third-order valence-electron chi connectivity index (χ3n) is 3.54. The molecule has 2 heterocycles. The molecule has 2 amide bonds. The predicted molar refractivity (Wildman–Crippen MR) is 77.4 cm³/mol. The number of benzene rings is 1. The van der Waals surface area contributed by atoms with Crippen molar-refractivity contribution in [2.24, 2.45) is 0 Å². The first-order chi connectivity index (χ1) is 10.7. The van der Waals surface area contributed by atoms with Crippen LogP contribution in [-0.2, 0) is 4.79 Å². The maximum absolute atomic E-state index is 13.1. The zero-order valence-corrected chi connectivity index (χ0v) is 11.7. The van der Waals surface area contributed by atoms with E-state index in [4.69, 9.17) is 0 Å². The normalized spacial score (nSPS) is 18.0. The lowest BCUT2D eigenvalue weighted by molar-refractivity contribution is -0.128. The van der Waals surface area contributed by atoms with Gasteiger partial charge in [0.25, 0.3) is 5.91 Å². The highest BCUT2D eigenvalue weighted by atomic mass is 19.1. The summed E-state index contributed by atoms with van der Waals surface area (Å²) in [6.45, 7) is 0.762. The summed E-state index contributed by atoms with van der Waals surface area (Å²) in [7, 11) is 0. The second kappa shape index (κ2) is 5.93. The lowest BCUT2D eigenvalue weighted by Gasteiger charge is -2.35. The highest BCUT2D eigenvalue weighted by molar-refractivity contribution is 5.97. The van der Waals surface area contributed by atoms with Crippen molar-refractivity contribution in [3.8, 4) is 0 Å². The summed E-state index contributed by atoms with van der Waals surface area (Å²) in [5.41, 5.74) is 0.854. The van der Waals surface area contributed by atoms with Gasteiger partial charge in [-0.15, -0.1) is 0 Å². The van der Waals surface area contributed by atoms with Gasteiger partial charge in [-0.2, -0.15) is 0 Å². The number of rotatable bonds is 2. The Morgan fingerprint density at radius 2 is 2.00 bits per heavy atom. The summed E-state index contributed by atoms with van der Waals surface area (Å²) in [5.74, 6) is -0.977. The van der Waals surface area contributed by atoms with Crippen LogP contribution in [0.5, 0.6) is 0 Å². The van der Waals surface area contributed by atoms with Crippen molar-refractivity contribution in [1.82, 2.24) is 15.2 Å². The molecule has 3 rings (SSSR count). The average Bonchev–Trinajstić information content (AvgIpc) is 2.56. The molecule has 22 heavy (non-hydrogen) atoms. The monoisotopic (exact) mass is 299 g/mol. The van der Waals surface area contributed by atoms with Crippen LogP contribution in [0.3, 0.4) is 0 Å². The summed E-state index contributed by atoms with van der Waals surface area (Å²) in [6.07, 6.45) is 1.53. The number of nitrogens with zero attached hydrogens (tertiary/aromatic N) is 2. The molecule has 1 atom stereocenters. The Hall–Kier alpha value is -2.76. The van der Waals surface area contributed by atoms with E-state index in [-0.39, 0.29) is 23.3 Å². The third-order valence-corrected chi connectivity index (χ3v) is 3.54. The molecule has 0 spiro atoms. The molecule has 2 aromatic rings. The Morgan fingerprint density at radius 1 is 1.23 bits per heavy atom. The van der Waals surface area contributed by atoms with E-state index in [0.717, 1.165) is 0 Å². The van der Waals surface area contributed by atoms with Gasteiger partial charge >= 0.3 is 0 Å². The van der Waals surface area contributed by atoms with E-state index in [1.54, 1.807) is 18.2 Å². The number of carbonyl (C=O) groups excluding carboxylic acids is 2. The highest BCUT2D eigenvalue weighted by Gasteiger charge is 2.35. The fourth-order valence-corrected chi connectivity index (χ4v) is 2.50. The van der Waals surface area contributed by atoms with Gasteiger partial charge in [0, 0.05) is 19.3 Å². The lowest BCUT2D eigenvalue weighted by atomic mass is 10.0. The molecule has 5 nitrogen and oxygen atoms in total. The van der Waals surface area contributed by atoms with Crippen LogP contribution in [0, 0.1) is 5.82 Å². The highest BCUT2D eigenvalue weighted by Crippen LogP contribution is 2.25. The third kappa shape index (κ3) is 2.67. The van der Waals surface area contributed by atoms with Crippen LogP contribution in [0.25, 0.3) is 0 Å².